The van der Waals surface area contributed by atoms with E-state index in [4.69, 9.17) is 5.73 Å². The molecule has 4 rings (SSSR count). The number of hydrogen-bond acceptors (Lipinski definition) is 5. The molecule has 2 aliphatic heterocycles. The number of halogens is 3. The number of aromatic nitrogens is 2. The molecule has 1 aromatic heterocycles. The van der Waals surface area contributed by atoms with E-state index in [1.165, 1.54) is 18.6 Å². The Labute approximate surface area is 183 Å². The zero-order valence-corrected chi connectivity index (χ0v) is 17.3. The van der Waals surface area contributed by atoms with E-state index in [0.717, 1.165) is 18.9 Å². The molecule has 7 nitrogen and oxygen atoms in total. The molecule has 10 heteroatoms. The molecule has 32 heavy (non-hydrogen) atoms. The fourth-order valence-electron chi connectivity index (χ4n) is 4.87. The predicted molar refractivity (Wildman–Crippen MR) is 109 cm³/mol. The van der Waals surface area contributed by atoms with Crippen molar-refractivity contribution >= 4 is 11.8 Å². The molecule has 0 radical (unpaired) electrons. The Kier molecular flexibility index (Phi) is 6.40. The van der Waals surface area contributed by atoms with Gasteiger partial charge in [0.1, 0.15) is 11.5 Å². The van der Waals surface area contributed by atoms with Crippen LogP contribution in [0.5, 0.6) is 0 Å². The summed E-state index contributed by atoms with van der Waals surface area (Å²) in [4.78, 5) is 34.5. The van der Waals surface area contributed by atoms with Gasteiger partial charge in [-0.25, -0.2) is 18.2 Å². The summed E-state index contributed by atoms with van der Waals surface area (Å²) in [6.45, 7) is -0.140. The number of hydrogen-bond donors (Lipinski definition) is 2. The first kappa shape index (κ1) is 22.2. The van der Waals surface area contributed by atoms with Crippen LogP contribution in [0.3, 0.4) is 0 Å². The topological polar surface area (TPSA) is 101 Å². The van der Waals surface area contributed by atoms with Gasteiger partial charge >= 0.3 is 0 Å². The van der Waals surface area contributed by atoms with Gasteiger partial charge in [0.05, 0.1) is 12.7 Å². The van der Waals surface area contributed by atoms with Crippen molar-refractivity contribution in [2.75, 3.05) is 6.54 Å². The Morgan fingerprint density at radius 2 is 1.78 bits per heavy atom. The largest absolute Gasteiger partial charge is 0.342 e. The van der Waals surface area contributed by atoms with Gasteiger partial charge in [0, 0.05) is 36.6 Å². The quantitative estimate of drug-likeness (QED) is 0.660. The zero-order valence-electron chi connectivity index (χ0n) is 17.3. The molecule has 0 spiro atoms. The molecule has 2 aromatic rings. The van der Waals surface area contributed by atoms with Gasteiger partial charge in [0.15, 0.2) is 11.6 Å². The van der Waals surface area contributed by atoms with Gasteiger partial charge < -0.3 is 16.0 Å². The van der Waals surface area contributed by atoms with Crippen LogP contribution in [0.4, 0.5) is 13.2 Å². The third-order valence-electron chi connectivity index (χ3n) is 6.40. The van der Waals surface area contributed by atoms with E-state index in [-0.39, 0.29) is 48.1 Å². The fourth-order valence-corrected chi connectivity index (χ4v) is 4.87. The molecule has 2 fully saturated rings. The van der Waals surface area contributed by atoms with Crippen LogP contribution >= 0.6 is 0 Å². The molecule has 2 amide bonds. The van der Waals surface area contributed by atoms with E-state index in [1.807, 2.05) is 4.90 Å². The Bertz CT molecular complexity index is 993. The lowest BCUT2D eigenvalue weighted by Crippen LogP contribution is -2.52. The molecule has 4 atom stereocenters. The van der Waals surface area contributed by atoms with Crippen molar-refractivity contribution in [3.05, 3.63) is 59.4 Å². The van der Waals surface area contributed by atoms with Crippen LogP contribution in [-0.2, 0) is 11.2 Å². The highest BCUT2D eigenvalue weighted by atomic mass is 19.2. The Morgan fingerprint density at radius 1 is 1.09 bits per heavy atom. The van der Waals surface area contributed by atoms with E-state index >= 15 is 0 Å². The summed E-state index contributed by atoms with van der Waals surface area (Å²) < 4.78 is 40.7. The lowest BCUT2D eigenvalue weighted by molar-refractivity contribution is -0.135. The highest BCUT2D eigenvalue weighted by Gasteiger charge is 2.44. The minimum absolute atomic E-state index is 0.0134. The normalized spacial score (nSPS) is 23.1. The standard InChI is InChI=1S/C22H24F3N5O2/c23-16-9-18(25)17(24)7-12(16)8-19(26)13-5-14-1-2-15(6-13)30(14)21(31)11-29-22(32)20-10-27-3-4-28-20/h3-4,7,9-10,13-15,19H,1-2,5-6,8,11,26H2,(H,29,32)/t13-,14-,15+,19-/m1/s1. The zero-order chi connectivity index (χ0) is 22.8. The second-order valence-electron chi connectivity index (χ2n) is 8.42. The number of amides is 2. The summed E-state index contributed by atoms with van der Waals surface area (Å²) in [5, 5.41) is 2.58. The van der Waals surface area contributed by atoms with Gasteiger partial charge in [0.25, 0.3) is 5.91 Å². The molecule has 2 bridgehead atoms. The molecule has 0 unspecified atom stereocenters. The molecule has 2 aliphatic rings. The van der Waals surface area contributed by atoms with Crippen LogP contribution in [-0.4, -0.2) is 51.4 Å². The van der Waals surface area contributed by atoms with Crippen LogP contribution in [0.15, 0.2) is 30.7 Å². The van der Waals surface area contributed by atoms with Gasteiger partial charge in [-0.15, -0.1) is 0 Å². The lowest BCUT2D eigenvalue weighted by atomic mass is 9.82. The number of carbonyl (C=O) groups excluding carboxylic acids is 2. The van der Waals surface area contributed by atoms with E-state index in [1.54, 1.807) is 0 Å². The lowest BCUT2D eigenvalue weighted by Gasteiger charge is -2.41. The molecule has 2 saturated heterocycles. The molecule has 3 N–H and O–H groups in total. The molecule has 0 aliphatic carbocycles. The van der Waals surface area contributed by atoms with Crippen LogP contribution < -0.4 is 11.1 Å². The van der Waals surface area contributed by atoms with Crippen LogP contribution in [0.25, 0.3) is 0 Å². The van der Waals surface area contributed by atoms with E-state index in [9.17, 15) is 22.8 Å². The van der Waals surface area contributed by atoms with Crippen LogP contribution in [0, 0.1) is 23.4 Å². The monoisotopic (exact) mass is 447 g/mol. The molecule has 0 saturated carbocycles. The van der Waals surface area contributed by atoms with E-state index in [0.29, 0.717) is 18.9 Å². The third-order valence-corrected chi connectivity index (χ3v) is 6.40. The second kappa shape index (κ2) is 9.23. The van der Waals surface area contributed by atoms with Crippen molar-refractivity contribution in [1.82, 2.24) is 20.2 Å². The van der Waals surface area contributed by atoms with Crippen molar-refractivity contribution in [2.45, 2.75) is 50.2 Å². The molecule has 1 aromatic carbocycles. The maximum absolute atomic E-state index is 14.0. The minimum Gasteiger partial charge on any atom is -0.342 e. The van der Waals surface area contributed by atoms with Crippen molar-refractivity contribution in [1.29, 1.82) is 0 Å². The third kappa shape index (κ3) is 4.59. The molecule has 170 valence electrons. The van der Waals surface area contributed by atoms with Gasteiger partial charge in [0.2, 0.25) is 5.91 Å². The smallest absolute Gasteiger partial charge is 0.271 e. The molecular weight excluding hydrogens is 423 g/mol. The number of benzene rings is 1. The number of rotatable bonds is 6. The second-order valence-corrected chi connectivity index (χ2v) is 8.42. The Hall–Kier alpha value is -3.01. The predicted octanol–water partition coefficient (Wildman–Crippen LogP) is 1.96. The van der Waals surface area contributed by atoms with Crippen molar-refractivity contribution < 1.29 is 22.8 Å². The Balaban J connectivity index is 1.34. The minimum atomic E-state index is -1.23. The Morgan fingerprint density at radius 3 is 2.44 bits per heavy atom. The van der Waals surface area contributed by atoms with E-state index < -0.39 is 29.4 Å². The highest BCUT2D eigenvalue weighted by Crippen LogP contribution is 2.40. The number of nitrogens with two attached hydrogens (primary N) is 1. The van der Waals surface area contributed by atoms with Crippen LogP contribution in [0.1, 0.15) is 41.7 Å². The van der Waals surface area contributed by atoms with Gasteiger partial charge in [-0.3, -0.25) is 14.6 Å². The summed E-state index contributed by atoms with van der Waals surface area (Å²) >= 11 is 0. The number of piperidine rings is 1. The number of carbonyl (C=O) groups is 2. The number of nitrogens with one attached hydrogen (secondary N) is 1. The molecular formula is C22H24F3N5O2. The maximum atomic E-state index is 14.0. The fraction of sp³-hybridized carbons (Fsp3) is 0.455. The van der Waals surface area contributed by atoms with Gasteiger partial charge in [-0.2, -0.15) is 0 Å². The SMILES string of the molecule is N[C@H](Cc1cc(F)c(F)cc1F)[C@@H]1C[C@H]2CC[C@@H](C1)N2C(=O)CNC(=O)c1cnccn1. The first-order valence-electron chi connectivity index (χ1n) is 10.6. The van der Waals surface area contributed by atoms with Crippen molar-refractivity contribution in [2.24, 2.45) is 11.7 Å². The number of fused-ring (bicyclic) bond motifs is 2. The summed E-state index contributed by atoms with van der Waals surface area (Å²) in [5.74, 6) is -3.75. The maximum Gasteiger partial charge on any atom is 0.271 e. The van der Waals surface area contributed by atoms with Crippen molar-refractivity contribution in [3.63, 3.8) is 0 Å². The highest BCUT2D eigenvalue weighted by molar-refractivity contribution is 5.94. The summed E-state index contributed by atoms with van der Waals surface area (Å²) in [5.41, 5.74) is 6.50. The summed E-state index contributed by atoms with van der Waals surface area (Å²) in [6.07, 6.45) is 7.22. The summed E-state index contributed by atoms with van der Waals surface area (Å²) in [6, 6.07) is 0.932. The van der Waals surface area contributed by atoms with Crippen LogP contribution in [0.2, 0.25) is 0 Å². The number of nitrogens with zero attached hydrogens (tertiary/aromatic N) is 3. The average Bonchev–Trinajstić information content (AvgIpc) is 3.05. The molecule has 3 heterocycles. The van der Waals surface area contributed by atoms with E-state index in [2.05, 4.69) is 15.3 Å². The van der Waals surface area contributed by atoms with Gasteiger partial charge in [-0.1, -0.05) is 0 Å². The average molecular weight is 447 g/mol. The first-order chi connectivity index (χ1) is 15.3. The van der Waals surface area contributed by atoms with Gasteiger partial charge in [-0.05, 0) is 49.7 Å². The summed E-state index contributed by atoms with van der Waals surface area (Å²) in [7, 11) is 0. The van der Waals surface area contributed by atoms with Crippen molar-refractivity contribution in [3.8, 4) is 0 Å². The first-order valence-corrected chi connectivity index (χ1v) is 10.6.